The highest BCUT2D eigenvalue weighted by Gasteiger charge is 2.20. The molecule has 6 nitrogen and oxygen atoms in total. The van der Waals surface area contributed by atoms with Gasteiger partial charge in [0.2, 0.25) is 0 Å². The first-order valence-corrected chi connectivity index (χ1v) is 7.34. The molecule has 0 atom stereocenters. The number of carbonyl (C=O) groups excluding carboxylic acids is 1. The molecule has 1 aromatic carbocycles. The number of aromatic carboxylic acids is 1. The molecule has 0 radical (unpaired) electrons. The van der Waals surface area contributed by atoms with E-state index in [-0.39, 0.29) is 16.3 Å². The molecule has 0 fully saturated rings. The van der Waals surface area contributed by atoms with Crippen LogP contribution < -0.4 is 5.32 Å². The van der Waals surface area contributed by atoms with Crippen molar-refractivity contribution in [2.24, 2.45) is 0 Å². The number of halogens is 1. The fraction of sp³-hybridized carbons (Fsp3) is 0.231. The average molecular weight is 326 g/mol. The Balaban J connectivity index is 2.32. The maximum Gasteiger partial charge on any atom is 0.337 e. The number of amides is 1. The van der Waals surface area contributed by atoms with Gasteiger partial charge in [0, 0.05) is 0 Å². The molecule has 0 bridgehead atoms. The number of hydrogen-bond acceptors (Lipinski definition) is 5. The first-order chi connectivity index (χ1) is 10.0. The Morgan fingerprint density at radius 1 is 1.43 bits per heavy atom. The number of aromatic nitrogens is 2. The van der Waals surface area contributed by atoms with Crippen molar-refractivity contribution in [3.63, 3.8) is 0 Å². The van der Waals surface area contributed by atoms with E-state index in [1.165, 1.54) is 18.2 Å². The third-order valence-electron chi connectivity index (χ3n) is 2.73. The van der Waals surface area contributed by atoms with Gasteiger partial charge >= 0.3 is 5.97 Å². The van der Waals surface area contributed by atoms with E-state index in [9.17, 15) is 9.59 Å². The summed E-state index contributed by atoms with van der Waals surface area (Å²) in [4.78, 5) is 23.8. The van der Waals surface area contributed by atoms with Crippen LogP contribution in [-0.4, -0.2) is 26.6 Å². The van der Waals surface area contributed by atoms with Crippen LogP contribution >= 0.6 is 23.1 Å². The molecule has 8 heteroatoms. The zero-order chi connectivity index (χ0) is 15.4. The summed E-state index contributed by atoms with van der Waals surface area (Å²) in [7, 11) is 0. The van der Waals surface area contributed by atoms with Crippen molar-refractivity contribution >= 4 is 40.7 Å². The average Bonchev–Trinajstić information content (AvgIpc) is 2.89. The number of aryl methyl sites for hydroxylation is 1. The Labute approximate surface area is 129 Å². The van der Waals surface area contributed by atoms with Crippen LogP contribution in [0.5, 0.6) is 0 Å². The number of carbonyl (C=O) groups is 2. The minimum absolute atomic E-state index is 0.0645. The number of benzene rings is 1. The molecule has 0 aliphatic carbocycles. The van der Waals surface area contributed by atoms with E-state index in [4.69, 9.17) is 16.7 Å². The topological polar surface area (TPSA) is 92.2 Å². The predicted molar refractivity (Wildman–Crippen MR) is 80.3 cm³/mol. The number of rotatable bonds is 5. The first kappa shape index (κ1) is 15.4. The van der Waals surface area contributed by atoms with Crippen molar-refractivity contribution in [1.29, 1.82) is 0 Å². The molecular formula is C13H12ClN3O3S. The molecule has 0 saturated carbocycles. The van der Waals surface area contributed by atoms with Crippen LogP contribution in [0.4, 0.5) is 5.69 Å². The number of hydrogen-bond donors (Lipinski definition) is 2. The molecule has 21 heavy (non-hydrogen) atoms. The van der Waals surface area contributed by atoms with Gasteiger partial charge in [-0.25, -0.2) is 4.79 Å². The lowest BCUT2D eigenvalue weighted by Gasteiger charge is -2.09. The highest BCUT2D eigenvalue weighted by molar-refractivity contribution is 7.08. The minimum atomic E-state index is -1.16. The fourth-order valence-electron chi connectivity index (χ4n) is 1.78. The highest BCUT2D eigenvalue weighted by Crippen LogP contribution is 2.27. The van der Waals surface area contributed by atoms with E-state index in [2.05, 4.69) is 14.9 Å². The van der Waals surface area contributed by atoms with Crippen molar-refractivity contribution in [1.82, 2.24) is 9.59 Å². The van der Waals surface area contributed by atoms with Crippen LogP contribution in [-0.2, 0) is 6.42 Å². The minimum Gasteiger partial charge on any atom is -0.478 e. The second-order valence-electron chi connectivity index (χ2n) is 4.22. The molecular weight excluding hydrogens is 314 g/mol. The Morgan fingerprint density at radius 2 is 2.19 bits per heavy atom. The van der Waals surface area contributed by atoms with Gasteiger partial charge in [-0.15, -0.1) is 5.10 Å². The smallest absolute Gasteiger partial charge is 0.337 e. The van der Waals surface area contributed by atoms with Crippen molar-refractivity contribution in [3.8, 4) is 0 Å². The second-order valence-corrected chi connectivity index (χ2v) is 5.38. The zero-order valence-electron chi connectivity index (χ0n) is 11.1. The van der Waals surface area contributed by atoms with Crippen LogP contribution in [0.25, 0.3) is 0 Å². The number of carboxylic acids is 1. The summed E-state index contributed by atoms with van der Waals surface area (Å²) in [6.07, 6.45) is 1.46. The zero-order valence-corrected chi connectivity index (χ0v) is 12.7. The molecule has 0 aliphatic rings. The third-order valence-corrected chi connectivity index (χ3v) is 3.81. The largest absolute Gasteiger partial charge is 0.478 e. The molecule has 0 aliphatic heterocycles. The summed E-state index contributed by atoms with van der Waals surface area (Å²) in [5, 5.41) is 15.8. The van der Waals surface area contributed by atoms with Crippen LogP contribution in [0.15, 0.2) is 18.2 Å². The summed E-state index contributed by atoms with van der Waals surface area (Å²) >= 11 is 6.95. The summed E-state index contributed by atoms with van der Waals surface area (Å²) in [6, 6.07) is 4.40. The van der Waals surface area contributed by atoms with Gasteiger partial charge < -0.3 is 10.4 Å². The Hall–Kier alpha value is -1.99. The molecule has 2 rings (SSSR count). The molecule has 110 valence electrons. The lowest BCUT2D eigenvalue weighted by atomic mass is 10.1. The van der Waals surface area contributed by atoms with E-state index >= 15 is 0 Å². The number of carboxylic acid groups (broad SMARTS) is 1. The molecule has 1 heterocycles. The molecule has 0 saturated heterocycles. The number of para-hydroxylation sites is 1. The predicted octanol–water partition coefficient (Wildman–Crippen LogP) is 3.09. The van der Waals surface area contributed by atoms with Crippen LogP contribution in [0.2, 0.25) is 5.02 Å². The molecule has 2 N–H and O–H groups in total. The van der Waals surface area contributed by atoms with Gasteiger partial charge in [-0.3, -0.25) is 4.79 Å². The Bertz CT molecular complexity index is 687. The Morgan fingerprint density at radius 3 is 2.86 bits per heavy atom. The van der Waals surface area contributed by atoms with E-state index in [1.807, 2.05) is 6.92 Å². The maximum atomic E-state index is 12.3. The van der Waals surface area contributed by atoms with Crippen LogP contribution in [0, 0.1) is 0 Å². The summed E-state index contributed by atoms with van der Waals surface area (Å²) in [6.45, 7) is 1.97. The molecule has 1 amide bonds. The first-order valence-electron chi connectivity index (χ1n) is 6.19. The van der Waals surface area contributed by atoms with E-state index < -0.39 is 11.9 Å². The standard InChI is InChI=1S/C13H12ClN3O3S/c1-2-4-9-11(21-17-16-9)12(18)15-10-7(13(19)20)5-3-6-8(10)14/h3,5-6H,2,4H2,1H3,(H,15,18)(H,19,20). The molecule has 1 aromatic heterocycles. The van der Waals surface area contributed by atoms with Gasteiger partial charge in [-0.1, -0.05) is 35.5 Å². The summed E-state index contributed by atoms with van der Waals surface area (Å²) in [5.74, 6) is -1.62. The highest BCUT2D eigenvalue weighted by atomic mass is 35.5. The summed E-state index contributed by atoms with van der Waals surface area (Å²) < 4.78 is 3.76. The van der Waals surface area contributed by atoms with Gasteiger partial charge in [-0.05, 0) is 30.1 Å². The van der Waals surface area contributed by atoms with Gasteiger partial charge in [0.05, 0.1) is 22.0 Å². The van der Waals surface area contributed by atoms with E-state index in [0.29, 0.717) is 17.0 Å². The second kappa shape index (κ2) is 6.64. The summed E-state index contributed by atoms with van der Waals surface area (Å²) in [5.41, 5.74) is 0.613. The maximum absolute atomic E-state index is 12.3. The SMILES string of the molecule is CCCc1nnsc1C(=O)Nc1c(Cl)cccc1C(=O)O. The monoisotopic (exact) mass is 325 g/mol. The Kier molecular flexibility index (Phi) is 4.87. The van der Waals surface area contributed by atoms with E-state index in [0.717, 1.165) is 18.0 Å². The van der Waals surface area contributed by atoms with E-state index in [1.54, 1.807) is 0 Å². The lowest BCUT2D eigenvalue weighted by molar-refractivity contribution is 0.0698. The van der Waals surface area contributed by atoms with Crippen LogP contribution in [0.1, 0.15) is 39.1 Å². The lowest BCUT2D eigenvalue weighted by Crippen LogP contribution is -2.15. The van der Waals surface area contributed by atoms with Gasteiger partial charge in [-0.2, -0.15) is 0 Å². The van der Waals surface area contributed by atoms with Gasteiger partial charge in [0.1, 0.15) is 4.88 Å². The quantitative estimate of drug-likeness (QED) is 0.881. The number of nitrogens with one attached hydrogen (secondary N) is 1. The van der Waals surface area contributed by atoms with Crippen LogP contribution in [0.3, 0.4) is 0 Å². The normalized spacial score (nSPS) is 10.4. The molecule has 2 aromatic rings. The van der Waals surface area contributed by atoms with Crippen molar-refractivity contribution in [3.05, 3.63) is 39.4 Å². The van der Waals surface area contributed by atoms with Crippen molar-refractivity contribution in [2.45, 2.75) is 19.8 Å². The van der Waals surface area contributed by atoms with Gasteiger partial charge in [0.15, 0.2) is 0 Å². The fourth-order valence-corrected chi connectivity index (χ4v) is 2.61. The number of anilines is 1. The van der Waals surface area contributed by atoms with Gasteiger partial charge in [0.25, 0.3) is 5.91 Å². The van der Waals surface area contributed by atoms with Crippen molar-refractivity contribution in [2.75, 3.05) is 5.32 Å². The van der Waals surface area contributed by atoms with Crippen molar-refractivity contribution < 1.29 is 14.7 Å². The number of nitrogens with zero attached hydrogens (tertiary/aromatic N) is 2. The molecule has 0 spiro atoms. The third kappa shape index (κ3) is 3.37. The molecule has 0 unspecified atom stereocenters.